The second-order valence-corrected chi connectivity index (χ2v) is 8.10. The largest absolute Gasteiger partial charge is 0.383 e. The molecule has 1 fully saturated rings. The lowest BCUT2D eigenvalue weighted by molar-refractivity contribution is -0.0894. The Morgan fingerprint density at radius 1 is 1.15 bits per heavy atom. The predicted octanol–water partition coefficient (Wildman–Crippen LogP) is 3.85. The molecule has 0 unspecified atom stereocenters. The summed E-state index contributed by atoms with van der Waals surface area (Å²) in [6.07, 6.45) is 0.692. The maximum absolute atomic E-state index is 11.5. The van der Waals surface area contributed by atoms with Crippen LogP contribution >= 0.6 is 11.6 Å². The molecule has 0 radical (unpaired) electrons. The Bertz CT molecular complexity index is 924. The topological polar surface area (TPSA) is 42.5 Å². The van der Waals surface area contributed by atoms with E-state index in [0.29, 0.717) is 6.42 Å². The lowest BCUT2D eigenvalue weighted by Gasteiger charge is -2.47. The van der Waals surface area contributed by atoms with E-state index in [0.717, 1.165) is 46.8 Å². The predicted molar refractivity (Wildman–Crippen MR) is 111 cm³/mol. The lowest BCUT2D eigenvalue weighted by Crippen LogP contribution is -2.58. The molecule has 1 aromatic heterocycles. The van der Waals surface area contributed by atoms with Crippen molar-refractivity contribution in [2.24, 2.45) is 0 Å². The maximum Gasteiger partial charge on any atom is 0.107 e. The van der Waals surface area contributed by atoms with Gasteiger partial charge in [0.15, 0.2) is 0 Å². The average molecular weight is 384 g/mol. The molecular weight excluding hydrogens is 358 g/mol. The van der Waals surface area contributed by atoms with Gasteiger partial charge in [-0.3, -0.25) is 4.90 Å². The number of aromatic amines is 1. The highest BCUT2D eigenvalue weighted by Gasteiger charge is 2.44. The third-order valence-corrected chi connectivity index (χ3v) is 6.22. The quantitative estimate of drug-likeness (QED) is 0.719. The van der Waals surface area contributed by atoms with Gasteiger partial charge in [0.2, 0.25) is 0 Å². The third-order valence-electron chi connectivity index (χ3n) is 5.78. The number of likely N-dealkylation sites (tertiary alicyclic amines) is 1. The summed E-state index contributed by atoms with van der Waals surface area (Å²) in [5.41, 5.74) is 2.26. The van der Waals surface area contributed by atoms with Crippen LogP contribution in [0.15, 0.2) is 54.6 Å². The Labute approximate surface area is 165 Å². The van der Waals surface area contributed by atoms with Gasteiger partial charge in [-0.05, 0) is 32.1 Å². The molecule has 1 aliphatic rings. The van der Waals surface area contributed by atoms with Crippen LogP contribution < -0.4 is 0 Å². The first-order valence-corrected chi connectivity index (χ1v) is 9.78. The number of likely N-dealkylation sites (N-methyl/N-ethyl adjacent to an activating group) is 1. The van der Waals surface area contributed by atoms with E-state index in [1.54, 1.807) is 0 Å². The lowest BCUT2D eigenvalue weighted by atomic mass is 9.80. The van der Waals surface area contributed by atoms with Crippen LogP contribution in [-0.4, -0.2) is 53.1 Å². The van der Waals surface area contributed by atoms with Gasteiger partial charge in [-0.2, -0.15) is 0 Å². The van der Waals surface area contributed by atoms with Gasteiger partial charge in [0, 0.05) is 36.2 Å². The summed E-state index contributed by atoms with van der Waals surface area (Å²) in [7, 11) is 4.08. The molecule has 2 N–H and O–H groups in total. The smallest absolute Gasteiger partial charge is 0.107 e. The number of aromatic nitrogens is 1. The monoisotopic (exact) mass is 383 g/mol. The number of hydrogen-bond acceptors (Lipinski definition) is 3. The molecule has 2 aromatic carbocycles. The molecule has 4 nitrogen and oxygen atoms in total. The van der Waals surface area contributed by atoms with E-state index < -0.39 is 5.60 Å². The van der Waals surface area contributed by atoms with Crippen molar-refractivity contribution in [3.05, 3.63) is 70.9 Å². The summed E-state index contributed by atoms with van der Waals surface area (Å²) >= 11 is 6.61. The number of fused-ring (bicyclic) bond motifs is 1. The molecule has 1 aliphatic heterocycles. The van der Waals surface area contributed by atoms with Crippen LogP contribution in [0.3, 0.4) is 0 Å². The Hall–Kier alpha value is -1.85. The first-order chi connectivity index (χ1) is 13.0. The van der Waals surface area contributed by atoms with Crippen LogP contribution in [0.2, 0.25) is 5.02 Å². The molecule has 0 bridgehead atoms. The minimum Gasteiger partial charge on any atom is -0.383 e. The zero-order valence-electron chi connectivity index (χ0n) is 15.8. The van der Waals surface area contributed by atoms with Gasteiger partial charge in [0.05, 0.1) is 11.1 Å². The molecule has 0 aliphatic carbocycles. The number of nitrogens with zero attached hydrogens (tertiary/aromatic N) is 2. The Balaban J connectivity index is 1.57. The fourth-order valence-corrected chi connectivity index (χ4v) is 4.55. The number of hydrogen-bond donors (Lipinski definition) is 2. The van der Waals surface area contributed by atoms with Crippen LogP contribution in [0.25, 0.3) is 10.9 Å². The van der Waals surface area contributed by atoms with E-state index in [-0.39, 0.29) is 6.04 Å². The van der Waals surface area contributed by atoms with E-state index in [4.69, 9.17) is 11.6 Å². The van der Waals surface area contributed by atoms with Gasteiger partial charge in [-0.1, -0.05) is 60.1 Å². The maximum atomic E-state index is 11.5. The minimum absolute atomic E-state index is 0.0109. The summed E-state index contributed by atoms with van der Waals surface area (Å²) in [4.78, 5) is 7.96. The number of benzene rings is 2. The number of rotatable bonds is 4. The molecule has 0 spiro atoms. The van der Waals surface area contributed by atoms with E-state index in [9.17, 15) is 5.11 Å². The highest BCUT2D eigenvalue weighted by molar-refractivity contribution is 6.36. The molecule has 27 heavy (non-hydrogen) atoms. The molecule has 2 heterocycles. The van der Waals surface area contributed by atoms with Crippen molar-refractivity contribution in [2.45, 2.75) is 24.6 Å². The molecule has 0 saturated carbocycles. The van der Waals surface area contributed by atoms with Gasteiger partial charge in [-0.15, -0.1) is 0 Å². The summed E-state index contributed by atoms with van der Waals surface area (Å²) in [6.45, 7) is 2.36. The van der Waals surface area contributed by atoms with Crippen LogP contribution in [0.1, 0.15) is 17.7 Å². The normalized spacial score (nSPS) is 24.0. The minimum atomic E-state index is -0.842. The standard InChI is InChI=1S/C22H26ClN3O/c1-25(2)20-15-26(13-12-22(20,27)16-8-4-3-5-9-16)14-19-21(23)17-10-6-7-11-18(17)24-19/h3-11,20,24,27H,12-15H2,1-2H3/t20-,22+/m1/s1. The second kappa shape index (κ2) is 7.28. The first kappa shape index (κ1) is 18.5. The second-order valence-electron chi connectivity index (χ2n) is 7.72. The van der Waals surface area contributed by atoms with Crippen molar-refractivity contribution in [2.75, 3.05) is 27.2 Å². The van der Waals surface area contributed by atoms with E-state index >= 15 is 0 Å². The number of piperidine rings is 1. The Morgan fingerprint density at radius 2 is 1.85 bits per heavy atom. The van der Waals surface area contributed by atoms with Crippen LogP contribution in [0, 0.1) is 0 Å². The van der Waals surface area contributed by atoms with Gasteiger partial charge >= 0.3 is 0 Å². The summed E-state index contributed by atoms with van der Waals surface area (Å²) in [6, 6.07) is 18.2. The molecule has 4 rings (SSSR count). The third kappa shape index (κ3) is 3.39. The van der Waals surface area contributed by atoms with Gasteiger partial charge in [0.25, 0.3) is 0 Å². The van der Waals surface area contributed by atoms with Crippen LogP contribution in [0.4, 0.5) is 0 Å². The highest BCUT2D eigenvalue weighted by atomic mass is 35.5. The summed E-state index contributed by atoms with van der Waals surface area (Å²) < 4.78 is 0. The molecular formula is C22H26ClN3O. The number of H-pyrrole nitrogens is 1. The zero-order valence-corrected chi connectivity index (χ0v) is 16.6. The van der Waals surface area contributed by atoms with Crippen molar-refractivity contribution in [1.82, 2.24) is 14.8 Å². The molecule has 3 aromatic rings. The SMILES string of the molecule is CN(C)[C@@H]1CN(Cc2[nH]c3ccccc3c2Cl)CC[C@]1(O)c1ccccc1. The van der Waals surface area contributed by atoms with Gasteiger partial charge in [-0.25, -0.2) is 0 Å². The number of halogens is 1. The Morgan fingerprint density at radius 3 is 2.56 bits per heavy atom. The fourth-order valence-electron chi connectivity index (χ4n) is 4.28. The van der Waals surface area contributed by atoms with Crippen LogP contribution in [0.5, 0.6) is 0 Å². The van der Waals surface area contributed by atoms with Crippen molar-refractivity contribution in [1.29, 1.82) is 0 Å². The van der Waals surface area contributed by atoms with Crippen molar-refractivity contribution in [3.8, 4) is 0 Å². The van der Waals surface area contributed by atoms with Crippen molar-refractivity contribution >= 4 is 22.5 Å². The Kier molecular flexibility index (Phi) is 4.99. The number of aliphatic hydroxyl groups is 1. The van der Waals surface area contributed by atoms with Gasteiger partial charge < -0.3 is 15.0 Å². The molecule has 2 atom stereocenters. The van der Waals surface area contributed by atoms with E-state index in [1.165, 1.54) is 0 Å². The highest BCUT2D eigenvalue weighted by Crippen LogP contribution is 2.36. The van der Waals surface area contributed by atoms with E-state index in [2.05, 4.69) is 20.9 Å². The van der Waals surface area contributed by atoms with Crippen molar-refractivity contribution < 1.29 is 5.11 Å². The van der Waals surface area contributed by atoms with Gasteiger partial charge in [0.1, 0.15) is 5.60 Å². The number of para-hydroxylation sites is 1. The zero-order chi connectivity index (χ0) is 19.0. The molecule has 1 saturated heterocycles. The first-order valence-electron chi connectivity index (χ1n) is 9.41. The number of nitrogens with one attached hydrogen (secondary N) is 1. The molecule has 142 valence electrons. The summed E-state index contributed by atoms with van der Waals surface area (Å²) in [5, 5.41) is 13.4. The molecule has 5 heteroatoms. The fraction of sp³-hybridized carbons (Fsp3) is 0.364. The summed E-state index contributed by atoms with van der Waals surface area (Å²) in [5.74, 6) is 0. The van der Waals surface area contributed by atoms with E-state index in [1.807, 2.05) is 62.6 Å². The van der Waals surface area contributed by atoms with Crippen molar-refractivity contribution in [3.63, 3.8) is 0 Å². The van der Waals surface area contributed by atoms with Crippen LogP contribution in [-0.2, 0) is 12.1 Å². The molecule has 0 amide bonds. The average Bonchev–Trinajstić information content (AvgIpc) is 3.00.